The van der Waals surface area contributed by atoms with Crippen molar-refractivity contribution >= 4 is 17.6 Å². The van der Waals surface area contributed by atoms with Gasteiger partial charge in [0, 0.05) is 12.3 Å². The highest BCUT2D eigenvalue weighted by Gasteiger charge is 2.33. The van der Waals surface area contributed by atoms with E-state index in [0.717, 1.165) is 18.4 Å². The van der Waals surface area contributed by atoms with Crippen molar-refractivity contribution in [3.63, 3.8) is 0 Å². The van der Waals surface area contributed by atoms with Gasteiger partial charge in [-0.25, -0.2) is 4.79 Å². The van der Waals surface area contributed by atoms with Crippen LogP contribution in [0.1, 0.15) is 34.9 Å². The predicted octanol–water partition coefficient (Wildman–Crippen LogP) is 3.49. The number of hydrogen-bond acceptors (Lipinski definition) is 3. The molecule has 3 rings (SSSR count). The van der Waals surface area contributed by atoms with Crippen LogP contribution in [-0.4, -0.2) is 23.6 Å². The molecule has 2 unspecified atom stereocenters. The minimum atomic E-state index is -1.02. The van der Waals surface area contributed by atoms with E-state index in [0.29, 0.717) is 12.3 Å². The zero-order valence-electron chi connectivity index (χ0n) is 13.1. The molecule has 2 aromatic carbocycles. The number of nitrogens with one attached hydrogen (secondary N) is 1. The van der Waals surface area contributed by atoms with Crippen LogP contribution in [0.4, 0.5) is 5.69 Å². The highest BCUT2D eigenvalue weighted by molar-refractivity contribution is 5.95. The van der Waals surface area contributed by atoms with Crippen LogP contribution in [0.5, 0.6) is 0 Å². The molecule has 0 aliphatic carbocycles. The Bertz CT molecular complexity index is 729. The number of ether oxygens (including phenoxy) is 1. The van der Waals surface area contributed by atoms with Gasteiger partial charge in [0.05, 0.1) is 17.6 Å². The Hall–Kier alpha value is -2.66. The first kappa shape index (κ1) is 16.2. The Morgan fingerprint density at radius 2 is 1.88 bits per heavy atom. The van der Waals surface area contributed by atoms with Gasteiger partial charge in [-0.15, -0.1) is 0 Å². The van der Waals surface area contributed by atoms with E-state index in [1.165, 1.54) is 12.1 Å². The third-order valence-corrected chi connectivity index (χ3v) is 4.16. The van der Waals surface area contributed by atoms with Crippen molar-refractivity contribution in [3.05, 3.63) is 65.7 Å². The van der Waals surface area contributed by atoms with Gasteiger partial charge in [0.2, 0.25) is 5.91 Å². The standard InChI is InChI=1S/C19H19NO4/c21-18(20-15-9-4-8-14(12-15)19(22)23)16-10-5-11-24-17(16)13-6-2-1-3-7-13/h1-4,6-9,12,16-17H,5,10-11H2,(H,20,21)(H,22,23). The second-order valence-corrected chi connectivity index (χ2v) is 5.83. The molecule has 2 atom stereocenters. The largest absolute Gasteiger partial charge is 0.478 e. The van der Waals surface area contributed by atoms with Crippen molar-refractivity contribution in [1.29, 1.82) is 0 Å². The minimum absolute atomic E-state index is 0.146. The first-order valence-electron chi connectivity index (χ1n) is 7.96. The third-order valence-electron chi connectivity index (χ3n) is 4.16. The van der Waals surface area contributed by atoms with Crippen LogP contribution in [0.25, 0.3) is 0 Å². The fourth-order valence-corrected chi connectivity index (χ4v) is 2.99. The summed E-state index contributed by atoms with van der Waals surface area (Å²) >= 11 is 0. The topological polar surface area (TPSA) is 75.6 Å². The van der Waals surface area contributed by atoms with E-state index in [4.69, 9.17) is 9.84 Å². The molecule has 5 heteroatoms. The number of carbonyl (C=O) groups excluding carboxylic acids is 1. The van der Waals surface area contributed by atoms with Gasteiger partial charge in [0.25, 0.3) is 0 Å². The van der Waals surface area contributed by atoms with E-state index in [2.05, 4.69) is 5.32 Å². The van der Waals surface area contributed by atoms with Crippen LogP contribution in [0, 0.1) is 5.92 Å². The summed E-state index contributed by atoms with van der Waals surface area (Å²) in [6.07, 6.45) is 1.29. The van der Waals surface area contributed by atoms with Gasteiger partial charge < -0.3 is 15.2 Å². The van der Waals surface area contributed by atoms with Crippen molar-refractivity contribution in [2.24, 2.45) is 5.92 Å². The predicted molar refractivity (Wildman–Crippen MR) is 89.9 cm³/mol. The molecule has 1 saturated heterocycles. The number of rotatable bonds is 4. The van der Waals surface area contributed by atoms with Crippen LogP contribution in [0.3, 0.4) is 0 Å². The molecule has 1 amide bonds. The van der Waals surface area contributed by atoms with Crippen molar-refractivity contribution in [2.45, 2.75) is 18.9 Å². The SMILES string of the molecule is O=C(O)c1cccc(NC(=O)C2CCCOC2c2ccccc2)c1. The molecule has 124 valence electrons. The van der Waals surface area contributed by atoms with Crippen LogP contribution in [0.2, 0.25) is 0 Å². The average Bonchev–Trinajstić information content (AvgIpc) is 2.62. The van der Waals surface area contributed by atoms with Crippen LogP contribution in [-0.2, 0) is 9.53 Å². The lowest BCUT2D eigenvalue weighted by molar-refractivity contribution is -0.129. The molecule has 0 saturated carbocycles. The number of benzene rings is 2. The molecule has 5 nitrogen and oxygen atoms in total. The molecular formula is C19H19NO4. The van der Waals surface area contributed by atoms with Gasteiger partial charge in [-0.2, -0.15) is 0 Å². The molecule has 0 spiro atoms. The molecule has 1 fully saturated rings. The first-order valence-corrected chi connectivity index (χ1v) is 7.96. The number of aromatic carboxylic acids is 1. The molecule has 1 aliphatic rings. The average molecular weight is 325 g/mol. The van der Waals surface area contributed by atoms with Gasteiger partial charge in [-0.1, -0.05) is 36.4 Å². The molecule has 0 radical (unpaired) electrons. The van der Waals surface area contributed by atoms with Crippen LogP contribution < -0.4 is 5.32 Å². The maximum atomic E-state index is 12.7. The van der Waals surface area contributed by atoms with E-state index in [1.54, 1.807) is 12.1 Å². The Morgan fingerprint density at radius 3 is 2.62 bits per heavy atom. The zero-order valence-corrected chi connectivity index (χ0v) is 13.1. The highest BCUT2D eigenvalue weighted by atomic mass is 16.5. The van der Waals surface area contributed by atoms with Gasteiger partial charge >= 0.3 is 5.97 Å². The monoisotopic (exact) mass is 325 g/mol. The fraction of sp³-hybridized carbons (Fsp3) is 0.263. The molecule has 2 aromatic rings. The summed E-state index contributed by atoms with van der Waals surface area (Å²) in [5.74, 6) is -1.46. The Morgan fingerprint density at radius 1 is 1.08 bits per heavy atom. The summed E-state index contributed by atoms with van der Waals surface area (Å²) in [7, 11) is 0. The molecule has 2 N–H and O–H groups in total. The van der Waals surface area contributed by atoms with Crippen LogP contribution >= 0.6 is 0 Å². The minimum Gasteiger partial charge on any atom is -0.478 e. The van der Waals surface area contributed by atoms with Gasteiger partial charge in [-0.05, 0) is 36.6 Å². The van der Waals surface area contributed by atoms with E-state index in [-0.39, 0.29) is 23.5 Å². The van der Waals surface area contributed by atoms with Crippen molar-refractivity contribution in [2.75, 3.05) is 11.9 Å². The van der Waals surface area contributed by atoms with E-state index >= 15 is 0 Å². The van der Waals surface area contributed by atoms with E-state index in [1.807, 2.05) is 30.3 Å². The lowest BCUT2D eigenvalue weighted by atomic mass is 9.88. The summed E-state index contributed by atoms with van der Waals surface area (Å²) in [6.45, 7) is 0.637. The highest BCUT2D eigenvalue weighted by Crippen LogP contribution is 2.34. The molecule has 0 bridgehead atoms. The fourth-order valence-electron chi connectivity index (χ4n) is 2.99. The maximum Gasteiger partial charge on any atom is 0.335 e. The summed E-state index contributed by atoms with van der Waals surface area (Å²) < 4.78 is 5.84. The van der Waals surface area contributed by atoms with Gasteiger partial charge in [0.15, 0.2) is 0 Å². The summed E-state index contributed by atoms with van der Waals surface area (Å²) in [5, 5.41) is 11.9. The zero-order chi connectivity index (χ0) is 16.9. The normalized spacial score (nSPS) is 20.3. The number of anilines is 1. The molecule has 24 heavy (non-hydrogen) atoms. The first-order chi connectivity index (χ1) is 11.6. The maximum absolute atomic E-state index is 12.7. The van der Waals surface area contributed by atoms with Crippen molar-refractivity contribution < 1.29 is 19.4 Å². The van der Waals surface area contributed by atoms with E-state index in [9.17, 15) is 9.59 Å². The molecular weight excluding hydrogens is 306 g/mol. The second kappa shape index (κ2) is 7.27. The smallest absolute Gasteiger partial charge is 0.335 e. The Kier molecular flexibility index (Phi) is 4.91. The quantitative estimate of drug-likeness (QED) is 0.902. The third kappa shape index (κ3) is 3.63. The molecule has 1 aliphatic heterocycles. The number of carbonyl (C=O) groups is 2. The van der Waals surface area contributed by atoms with Gasteiger partial charge in [0.1, 0.15) is 0 Å². The Labute approximate surface area is 140 Å². The summed E-state index contributed by atoms with van der Waals surface area (Å²) in [5.41, 5.74) is 1.61. The second-order valence-electron chi connectivity index (χ2n) is 5.83. The van der Waals surface area contributed by atoms with Crippen LogP contribution in [0.15, 0.2) is 54.6 Å². The van der Waals surface area contributed by atoms with Gasteiger partial charge in [-0.3, -0.25) is 4.79 Å². The number of amides is 1. The number of carboxylic acid groups (broad SMARTS) is 1. The molecule has 0 aromatic heterocycles. The van der Waals surface area contributed by atoms with Crippen molar-refractivity contribution in [1.82, 2.24) is 0 Å². The number of carboxylic acids is 1. The Balaban J connectivity index is 1.77. The molecule has 1 heterocycles. The summed E-state index contributed by atoms with van der Waals surface area (Å²) in [4.78, 5) is 23.7. The number of hydrogen-bond donors (Lipinski definition) is 2. The lowest BCUT2D eigenvalue weighted by Crippen LogP contribution is -2.33. The summed E-state index contributed by atoms with van der Waals surface area (Å²) in [6, 6.07) is 16.0. The van der Waals surface area contributed by atoms with E-state index < -0.39 is 5.97 Å². The van der Waals surface area contributed by atoms with Crippen molar-refractivity contribution in [3.8, 4) is 0 Å². The lowest BCUT2D eigenvalue weighted by Gasteiger charge is -2.31.